The van der Waals surface area contributed by atoms with Crippen LogP contribution in [-0.4, -0.2) is 10.9 Å². The van der Waals surface area contributed by atoms with E-state index >= 15 is 0 Å². The van der Waals surface area contributed by atoms with Gasteiger partial charge in [-0.3, -0.25) is 4.79 Å². The van der Waals surface area contributed by atoms with Gasteiger partial charge in [0.05, 0.1) is 9.72 Å². The number of amides is 1. The van der Waals surface area contributed by atoms with E-state index in [0.717, 1.165) is 11.1 Å². The summed E-state index contributed by atoms with van der Waals surface area (Å²) in [5.41, 5.74) is 0.674. The molecular formula is C11H10Cl2N2OS. The minimum atomic E-state index is -0.0335. The molecular weight excluding hydrogens is 279 g/mol. The van der Waals surface area contributed by atoms with Crippen LogP contribution in [-0.2, 0) is 4.79 Å². The van der Waals surface area contributed by atoms with Crippen molar-refractivity contribution in [2.24, 2.45) is 0 Å². The van der Waals surface area contributed by atoms with Gasteiger partial charge >= 0.3 is 0 Å². The molecule has 0 spiro atoms. The van der Waals surface area contributed by atoms with Crippen LogP contribution in [0.2, 0.25) is 10.0 Å². The van der Waals surface area contributed by atoms with Gasteiger partial charge in [-0.25, -0.2) is 4.98 Å². The highest BCUT2D eigenvalue weighted by Crippen LogP contribution is 2.33. The first-order valence-corrected chi connectivity index (χ1v) is 6.73. The number of hydrogen-bond acceptors (Lipinski definition) is 3. The number of benzene rings is 1. The Labute approximate surface area is 113 Å². The monoisotopic (exact) mass is 288 g/mol. The van der Waals surface area contributed by atoms with Crippen LogP contribution < -0.4 is 5.32 Å². The minimum absolute atomic E-state index is 0.0335. The van der Waals surface area contributed by atoms with Gasteiger partial charge < -0.3 is 5.32 Å². The second-order valence-electron chi connectivity index (χ2n) is 3.55. The van der Waals surface area contributed by atoms with Crippen LogP contribution >= 0.6 is 34.5 Å². The summed E-state index contributed by atoms with van der Waals surface area (Å²) in [6.45, 7) is 1.95. The summed E-state index contributed by atoms with van der Waals surface area (Å²) in [6.07, 6.45) is 1.30. The molecule has 17 heavy (non-hydrogen) atoms. The second-order valence-corrected chi connectivity index (χ2v) is 5.43. The number of carbonyl (C=O) groups is 1. The minimum Gasteiger partial charge on any atom is -0.302 e. The largest absolute Gasteiger partial charge is 0.302 e. The van der Waals surface area contributed by atoms with Crippen molar-refractivity contribution in [3.63, 3.8) is 0 Å². The highest BCUT2D eigenvalue weighted by molar-refractivity contribution is 7.22. The average Bonchev–Trinajstić information content (AvgIpc) is 2.60. The molecule has 90 valence electrons. The van der Waals surface area contributed by atoms with E-state index in [0.29, 0.717) is 27.1 Å². The molecule has 6 heteroatoms. The summed E-state index contributed by atoms with van der Waals surface area (Å²) >= 11 is 13.3. The van der Waals surface area contributed by atoms with Crippen molar-refractivity contribution in [1.82, 2.24) is 4.98 Å². The zero-order valence-corrected chi connectivity index (χ0v) is 11.4. The fourth-order valence-corrected chi connectivity index (χ4v) is 3.02. The van der Waals surface area contributed by atoms with Crippen molar-refractivity contribution < 1.29 is 4.79 Å². The van der Waals surface area contributed by atoms with Gasteiger partial charge in [-0.05, 0) is 18.6 Å². The Hall–Kier alpha value is -0.840. The van der Waals surface area contributed by atoms with E-state index in [1.165, 1.54) is 11.3 Å². The molecule has 2 aromatic rings. The molecule has 0 aliphatic heterocycles. The van der Waals surface area contributed by atoms with Gasteiger partial charge in [-0.2, -0.15) is 0 Å². The lowest BCUT2D eigenvalue weighted by molar-refractivity contribution is -0.116. The van der Waals surface area contributed by atoms with E-state index in [9.17, 15) is 4.79 Å². The molecule has 0 aliphatic rings. The lowest BCUT2D eigenvalue weighted by Crippen LogP contribution is -2.09. The standard InChI is InChI=1S/C11H10Cl2N2OS/c1-2-3-9(16)14-11-15-10-7(13)4-6(12)5-8(10)17-11/h4-5H,2-3H2,1H3,(H,14,15,16). The number of nitrogens with one attached hydrogen (secondary N) is 1. The zero-order valence-electron chi connectivity index (χ0n) is 9.09. The van der Waals surface area contributed by atoms with Crippen LogP contribution in [0, 0.1) is 0 Å². The molecule has 3 nitrogen and oxygen atoms in total. The quantitative estimate of drug-likeness (QED) is 0.913. The molecule has 0 radical (unpaired) electrons. The van der Waals surface area contributed by atoms with E-state index in [4.69, 9.17) is 23.2 Å². The first-order chi connectivity index (χ1) is 8.10. The normalized spacial score (nSPS) is 10.8. The number of nitrogens with zero attached hydrogens (tertiary/aromatic N) is 1. The van der Waals surface area contributed by atoms with Crippen LogP contribution in [0.4, 0.5) is 5.13 Å². The Kier molecular flexibility index (Phi) is 3.86. The van der Waals surface area contributed by atoms with Gasteiger partial charge in [0.2, 0.25) is 5.91 Å². The molecule has 0 saturated heterocycles. The number of carbonyl (C=O) groups excluding carboxylic acids is 1. The highest BCUT2D eigenvalue weighted by atomic mass is 35.5. The van der Waals surface area contributed by atoms with E-state index in [-0.39, 0.29) is 5.91 Å². The Bertz CT molecular complexity index is 568. The summed E-state index contributed by atoms with van der Waals surface area (Å²) in [7, 11) is 0. The summed E-state index contributed by atoms with van der Waals surface area (Å²) in [6, 6.07) is 3.43. The molecule has 0 saturated carbocycles. The topological polar surface area (TPSA) is 42.0 Å². The third-order valence-corrected chi connectivity index (χ3v) is 3.56. The smallest absolute Gasteiger partial charge is 0.226 e. The van der Waals surface area contributed by atoms with E-state index < -0.39 is 0 Å². The Balaban J connectivity index is 2.32. The van der Waals surface area contributed by atoms with Crippen LogP contribution in [0.5, 0.6) is 0 Å². The van der Waals surface area contributed by atoms with Gasteiger partial charge in [0.1, 0.15) is 5.52 Å². The molecule has 0 atom stereocenters. The third-order valence-electron chi connectivity index (χ3n) is 2.14. The predicted molar refractivity (Wildman–Crippen MR) is 73.2 cm³/mol. The maximum atomic E-state index is 11.4. The van der Waals surface area contributed by atoms with Crippen molar-refractivity contribution >= 4 is 55.8 Å². The Morgan fingerprint density at radius 1 is 1.47 bits per heavy atom. The second kappa shape index (κ2) is 5.21. The number of fused-ring (bicyclic) bond motifs is 1. The number of hydrogen-bond donors (Lipinski definition) is 1. The number of rotatable bonds is 3. The molecule has 0 bridgehead atoms. The molecule has 2 rings (SSSR count). The van der Waals surface area contributed by atoms with Crippen LogP contribution in [0.1, 0.15) is 19.8 Å². The Morgan fingerprint density at radius 3 is 2.94 bits per heavy atom. The van der Waals surface area contributed by atoms with Crippen molar-refractivity contribution in [2.45, 2.75) is 19.8 Å². The van der Waals surface area contributed by atoms with E-state index in [1.54, 1.807) is 12.1 Å². The lowest BCUT2D eigenvalue weighted by Gasteiger charge is -1.97. The van der Waals surface area contributed by atoms with Gasteiger partial charge in [0.25, 0.3) is 0 Å². The molecule has 1 amide bonds. The maximum Gasteiger partial charge on any atom is 0.226 e. The first-order valence-electron chi connectivity index (χ1n) is 5.15. The van der Waals surface area contributed by atoms with Crippen molar-refractivity contribution in [3.05, 3.63) is 22.2 Å². The summed E-state index contributed by atoms with van der Waals surface area (Å²) in [5, 5.41) is 4.37. The SMILES string of the molecule is CCCC(=O)Nc1nc2c(Cl)cc(Cl)cc2s1. The number of aromatic nitrogens is 1. The van der Waals surface area contributed by atoms with Crippen molar-refractivity contribution in [3.8, 4) is 0 Å². The van der Waals surface area contributed by atoms with Crippen LogP contribution in [0.25, 0.3) is 10.2 Å². The maximum absolute atomic E-state index is 11.4. The number of anilines is 1. The van der Waals surface area contributed by atoms with Gasteiger partial charge in [-0.1, -0.05) is 41.5 Å². The van der Waals surface area contributed by atoms with Crippen LogP contribution in [0.15, 0.2) is 12.1 Å². The van der Waals surface area contributed by atoms with Crippen molar-refractivity contribution in [2.75, 3.05) is 5.32 Å². The number of thiazole rings is 1. The summed E-state index contributed by atoms with van der Waals surface area (Å²) in [5.74, 6) is -0.0335. The summed E-state index contributed by atoms with van der Waals surface area (Å²) in [4.78, 5) is 15.7. The molecule has 0 fully saturated rings. The van der Waals surface area contributed by atoms with Gasteiger partial charge in [0, 0.05) is 11.4 Å². The highest BCUT2D eigenvalue weighted by Gasteiger charge is 2.10. The molecule has 1 aromatic carbocycles. The van der Waals surface area contributed by atoms with Gasteiger partial charge in [-0.15, -0.1) is 0 Å². The first kappa shape index (κ1) is 12.6. The van der Waals surface area contributed by atoms with E-state index in [1.807, 2.05) is 6.92 Å². The zero-order chi connectivity index (χ0) is 12.4. The fraction of sp³-hybridized carbons (Fsp3) is 0.273. The van der Waals surface area contributed by atoms with Crippen molar-refractivity contribution in [1.29, 1.82) is 0 Å². The molecule has 1 aromatic heterocycles. The lowest BCUT2D eigenvalue weighted by atomic mass is 10.3. The fourth-order valence-electron chi connectivity index (χ4n) is 1.42. The molecule has 1 heterocycles. The third kappa shape index (κ3) is 2.89. The average molecular weight is 289 g/mol. The molecule has 0 unspecified atom stereocenters. The number of halogens is 2. The molecule has 0 aliphatic carbocycles. The van der Waals surface area contributed by atoms with E-state index in [2.05, 4.69) is 10.3 Å². The summed E-state index contributed by atoms with van der Waals surface area (Å²) < 4.78 is 0.870. The molecule has 1 N–H and O–H groups in total. The predicted octanol–water partition coefficient (Wildman–Crippen LogP) is 4.34. The Morgan fingerprint density at radius 2 is 2.24 bits per heavy atom. The van der Waals surface area contributed by atoms with Gasteiger partial charge in [0.15, 0.2) is 5.13 Å². The van der Waals surface area contributed by atoms with Crippen LogP contribution in [0.3, 0.4) is 0 Å².